The number of hydrogen-bond donors (Lipinski definition) is 1. The van der Waals surface area contributed by atoms with E-state index in [2.05, 4.69) is 26.3 Å². The van der Waals surface area contributed by atoms with Gasteiger partial charge < -0.3 is 14.5 Å². The van der Waals surface area contributed by atoms with E-state index in [9.17, 15) is 4.79 Å². The number of aromatic nitrogens is 2. The molecular weight excluding hydrogens is 576 g/mol. The second-order valence-electron chi connectivity index (χ2n) is 6.84. The van der Waals surface area contributed by atoms with Gasteiger partial charge in [-0.15, -0.1) is 0 Å². The molecule has 170 valence electrons. The summed E-state index contributed by atoms with van der Waals surface area (Å²) in [6.45, 7) is 0.495. The van der Waals surface area contributed by atoms with Crippen LogP contribution in [0.1, 0.15) is 21.9 Å². The normalized spacial score (nSPS) is 10.9. The molecule has 0 aliphatic rings. The summed E-state index contributed by atoms with van der Waals surface area (Å²) < 4.78 is 13.5. The number of benzene rings is 2. The van der Waals surface area contributed by atoms with E-state index in [0.29, 0.717) is 48.4 Å². The van der Waals surface area contributed by atoms with Crippen LogP contribution in [0.2, 0.25) is 20.1 Å². The molecule has 0 unspecified atom stereocenters. The van der Waals surface area contributed by atoms with Gasteiger partial charge in [-0.25, -0.2) is 0 Å². The Hall–Kier alpha value is -2.16. The van der Waals surface area contributed by atoms with Crippen molar-refractivity contribution in [1.29, 1.82) is 0 Å². The number of amides is 1. The summed E-state index contributed by atoms with van der Waals surface area (Å²) >= 11 is 27.6. The Bertz CT molecular complexity index is 1320. The lowest BCUT2D eigenvalue weighted by Gasteiger charge is -2.06. The van der Waals surface area contributed by atoms with Crippen LogP contribution in [-0.2, 0) is 13.2 Å². The van der Waals surface area contributed by atoms with Gasteiger partial charge in [-0.1, -0.05) is 52.5 Å². The van der Waals surface area contributed by atoms with Crippen molar-refractivity contribution in [2.24, 2.45) is 0 Å². The van der Waals surface area contributed by atoms with E-state index in [1.165, 1.54) is 0 Å². The highest BCUT2D eigenvalue weighted by molar-refractivity contribution is 9.10. The monoisotopic (exact) mass is 587 g/mol. The number of carbonyl (C=O) groups is 1. The summed E-state index contributed by atoms with van der Waals surface area (Å²) in [5, 5.41) is 9.08. The lowest BCUT2D eigenvalue weighted by Crippen LogP contribution is -2.12. The van der Waals surface area contributed by atoms with Crippen LogP contribution in [0.25, 0.3) is 0 Å². The van der Waals surface area contributed by atoms with Crippen molar-refractivity contribution in [3.63, 3.8) is 0 Å². The molecule has 0 saturated carbocycles. The van der Waals surface area contributed by atoms with Crippen molar-refractivity contribution in [3.05, 3.63) is 96.4 Å². The molecule has 4 aromatic rings. The Morgan fingerprint density at radius 3 is 2.48 bits per heavy atom. The molecule has 0 aliphatic heterocycles. The van der Waals surface area contributed by atoms with E-state index in [1.807, 2.05) is 6.07 Å². The lowest BCUT2D eigenvalue weighted by atomic mass is 10.2. The minimum Gasteiger partial charge on any atom is -0.484 e. The van der Waals surface area contributed by atoms with Gasteiger partial charge in [0.25, 0.3) is 5.91 Å². The van der Waals surface area contributed by atoms with Gasteiger partial charge in [0.1, 0.15) is 18.1 Å². The van der Waals surface area contributed by atoms with Crippen LogP contribution in [0.5, 0.6) is 5.75 Å². The van der Waals surface area contributed by atoms with E-state index in [-0.39, 0.29) is 12.4 Å². The van der Waals surface area contributed by atoms with E-state index < -0.39 is 5.91 Å². The van der Waals surface area contributed by atoms with Crippen molar-refractivity contribution >= 4 is 74.1 Å². The highest BCUT2D eigenvalue weighted by Crippen LogP contribution is 2.29. The number of ether oxygens (including phenoxy) is 1. The van der Waals surface area contributed by atoms with Crippen molar-refractivity contribution in [2.45, 2.75) is 13.2 Å². The zero-order valence-electron chi connectivity index (χ0n) is 16.6. The highest BCUT2D eigenvalue weighted by atomic mass is 79.9. The molecule has 2 heterocycles. The molecule has 0 bridgehead atoms. The SMILES string of the molecule is O=C(Nc1nn(Cc2ccc(Cl)cc2Cl)cc1Br)c1ccc(COc2ccc(Cl)cc2Cl)o1. The quantitative estimate of drug-likeness (QED) is 0.239. The number of rotatable bonds is 7. The molecule has 2 aromatic carbocycles. The maximum atomic E-state index is 12.6. The number of anilines is 1. The molecule has 1 N–H and O–H groups in total. The second-order valence-corrected chi connectivity index (χ2v) is 9.38. The van der Waals surface area contributed by atoms with E-state index in [4.69, 9.17) is 55.6 Å². The minimum absolute atomic E-state index is 0.0921. The molecular formula is C22H14BrCl4N3O3. The fourth-order valence-electron chi connectivity index (χ4n) is 2.88. The van der Waals surface area contributed by atoms with Crippen molar-refractivity contribution in [3.8, 4) is 5.75 Å². The molecule has 0 spiro atoms. The number of carbonyl (C=O) groups excluding carboxylic acids is 1. The molecule has 0 saturated heterocycles. The number of nitrogens with one attached hydrogen (secondary N) is 1. The third kappa shape index (κ3) is 6.05. The summed E-state index contributed by atoms with van der Waals surface area (Å²) in [6.07, 6.45) is 1.73. The lowest BCUT2D eigenvalue weighted by molar-refractivity contribution is 0.0992. The van der Waals surface area contributed by atoms with E-state index >= 15 is 0 Å². The molecule has 6 nitrogen and oxygen atoms in total. The van der Waals surface area contributed by atoms with Crippen molar-refractivity contribution in [2.75, 3.05) is 5.32 Å². The van der Waals surface area contributed by atoms with Gasteiger partial charge in [-0.3, -0.25) is 9.48 Å². The third-order valence-corrected chi connectivity index (χ3v) is 6.14. The number of furan rings is 1. The van der Waals surface area contributed by atoms with E-state index in [0.717, 1.165) is 5.56 Å². The van der Waals surface area contributed by atoms with Gasteiger partial charge in [0.2, 0.25) is 0 Å². The third-order valence-electron chi connectivity index (χ3n) is 4.45. The largest absolute Gasteiger partial charge is 0.484 e. The van der Waals surface area contributed by atoms with Crippen LogP contribution in [0.4, 0.5) is 5.82 Å². The molecule has 2 aromatic heterocycles. The van der Waals surface area contributed by atoms with Crippen LogP contribution in [0.15, 0.2) is 63.6 Å². The Labute approximate surface area is 217 Å². The first kappa shape index (κ1) is 24.0. The minimum atomic E-state index is -0.457. The topological polar surface area (TPSA) is 69.3 Å². The first-order valence-electron chi connectivity index (χ1n) is 9.43. The molecule has 1 amide bonds. The summed E-state index contributed by atoms with van der Waals surface area (Å²) in [5.74, 6) is 0.901. The fraction of sp³-hybridized carbons (Fsp3) is 0.0909. The maximum absolute atomic E-state index is 12.6. The van der Waals surface area contributed by atoms with Crippen LogP contribution in [0, 0.1) is 0 Å². The maximum Gasteiger partial charge on any atom is 0.292 e. The van der Waals surface area contributed by atoms with Gasteiger partial charge >= 0.3 is 0 Å². The Morgan fingerprint density at radius 1 is 1.03 bits per heavy atom. The van der Waals surface area contributed by atoms with Gasteiger partial charge in [-0.2, -0.15) is 5.10 Å². The Kier molecular flexibility index (Phi) is 7.56. The standard InChI is InChI=1S/C22H14BrCl4N3O3/c23-16-10-30(9-12-1-2-13(24)7-17(12)26)29-21(16)28-22(31)20-6-4-15(33-20)11-32-19-5-3-14(25)8-18(19)27/h1-8,10H,9,11H2,(H,28,29,31). The average Bonchev–Trinajstić information content (AvgIpc) is 3.36. The molecule has 0 aliphatic carbocycles. The molecule has 0 radical (unpaired) electrons. The van der Waals surface area contributed by atoms with Gasteiger partial charge in [-0.05, 0) is 64.0 Å². The fourth-order valence-corrected chi connectivity index (χ4v) is 4.22. The molecule has 11 heteroatoms. The first-order chi connectivity index (χ1) is 15.8. The predicted molar refractivity (Wildman–Crippen MR) is 133 cm³/mol. The number of nitrogens with zero attached hydrogens (tertiary/aromatic N) is 2. The molecule has 0 fully saturated rings. The van der Waals surface area contributed by atoms with Crippen molar-refractivity contribution < 1.29 is 13.9 Å². The van der Waals surface area contributed by atoms with Gasteiger partial charge in [0, 0.05) is 21.3 Å². The highest BCUT2D eigenvalue weighted by Gasteiger charge is 2.16. The number of hydrogen-bond acceptors (Lipinski definition) is 4. The Balaban J connectivity index is 1.39. The van der Waals surface area contributed by atoms with Gasteiger partial charge in [0.05, 0.1) is 16.0 Å². The van der Waals surface area contributed by atoms with Gasteiger partial charge in [0.15, 0.2) is 11.6 Å². The summed E-state index contributed by atoms with van der Waals surface area (Å²) in [6, 6.07) is 13.3. The zero-order chi connectivity index (χ0) is 23.5. The molecule has 0 atom stereocenters. The zero-order valence-corrected chi connectivity index (χ0v) is 21.2. The van der Waals surface area contributed by atoms with E-state index in [1.54, 1.807) is 53.3 Å². The molecule has 4 rings (SSSR count). The smallest absolute Gasteiger partial charge is 0.292 e. The van der Waals surface area contributed by atoms with Crippen molar-refractivity contribution in [1.82, 2.24) is 9.78 Å². The van der Waals surface area contributed by atoms with Crippen LogP contribution < -0.4 is 10.1 Å². The summed E-state index contributed by atoms with van der Waals surface area (Å²) in [5.41, 5.74) is 0.838. The van der Waals surface area contributed by atoms with Crippen LogP contribution >= 0.6 is 62.3 Å². The summed E-state index contributed by atoms with van der Waals surface area (Å²) in [7, 11) is 0. The number of halogens is 5. The van der Waals surface area contributed by atoms with Crippen LogP contribution in [0.3, 0.4) is 0 Å². The molecule has 33 heavy (non-hydrogen) atoms. The summed E-state index contributed by atoms with van der Waals surface area (Å²) in [4.78, 5) is 12.6. The average molecular weight is 590 g/mol. The Morgan fingerprint density at radius 2 is 1.76 bits per heavy atom. The predicted octanol–water partition coefficient (Wildman–Crippen LogP) is 7.73. The van der Waals surface area contributed by atoms with Crippen LogP contribution in [-0.4, -0.2) is 15.7 Å². The first-order valence-corrected chi connectivity index (χ1v) is 11.7. The second kappa shape index (κ2) is 10.4.